The fourth-order valence-electron chi connectivity index (χ4n) is 4.42. The molecule has 1 heterocycles. The molecule has 2 rings (SSSR count). The van der Waals surface area contributed by atoms with E-state index < -0.39 is 22.0 Å². The summed E-state index contributed by atoms with van der Waals surface area (Å²) in [7, 11) is -3.78. The Labute approximate surface area is 231 Å². The van der Waals surface area contributed by atoms with Crippen molar-refractivity contribution in [2.75, 3.05) is 19.8 Å². The molecule has 0 spiro atoms. The van der Waals surface area contributed by atoms with Crippen molar-refractivity contribution in [2.45, 2.75) is 90.3 Å². The monoisotopic (exact) mass is 566 g/mol. The molecule has 0 saturated carbocycles. The van der Waals surface area contributed by atoms with Crippen LogP contribution < -0.4 is 9.46 Å². The Kier molecular flexibility index (Phi) is 11.1. The molecule has 0 bridgehead atoms. The maximum absolute atomic E-state index is 13.1. The summed E-state index contributed by atoms with van der Waals surface area (Å²) in [5.41, 5.74) is 2.02. The van der Waals surface area contributed by atoms with Crippen molar-refractivity contribution >= 4 is 27.3 Å². The largest absolute Gasteiger partial charge is 0.491 e. The quantitative estimate of drug-likeness (QED) is 0.213. The van der Waals surface area contributed by atoms with Crippen LogP contribution in [0.15, 0.2) is 33.7 Å². The SMILES string of the molecule is CCOC(=O)CCNS(=O)(=O)c1sc(C(CC)(CC)c2ccc(OCC(N=O)C(C)(C)C)c(C)c2)cc1C. The molecule has 38 heavy (non-hydrogen) atoms. The van der Waals surface area contributed by atoms with Gasteiger partial charge in [-0.1, -0.05) is 51.9 Å². The molecule has 0 saturated heterocycles. The predicted molar refractivity (Wildman–Crippen MR) is 153 cm³/mol. The minimum absolute atomic E-state index is 0.0170. The number of ether oxygens (including phenoxy) is 2. The van der Waals surface area contributed by atoms with Gasteiger partial charge >= 0.3 is 5.97 Å². The van der Waals surface area contributed by atoms with Crippen LogP contribution in [0.1, 0.15) is 82.4 Å². The minimum atomic E-state index is -3.78. The van der Waals surface area contributed by atoms with Gasteiger partial charge in [0.15, 0.2) is 0 Å². The molecule has 0 amide bonds. The van der Waals surface area contributed by atoms with E-state index in [4.69, 9.17) is 9.47 Å². The van der Waals surface area contributed by atoms with Crippen molar-refractivity contribution in [1.29, 1.82) is 0 Å². The highest BCUT2D eigenvalue weighted by Gasteiger charge is 2.35. The highest BCUT2D eigenvalue weighted by atomic mass is 32.2. The normalized spacial score (nSPS) is 13.3. The van der Waals surface area contributed by atoms with Crippen LogP contribution in [0.5, 0.6) is 5.75 Å². The van der Waals surface area contributed by atoms with Crippen molar-refractivity contribution < 1.29 is 22.7 Å². The van der Waals surface area contributed by atoms with Gasteiger partial charge in [-0.3, -0.25) is 4.79 Å². The third-order valence-electron chi connectivity index (χ3n) is 6.97. The number of hydrogen-bond donors (Lipinski definition) is 1. The number of esters is 1. The highest BCUT2D eigenvalue weighted by Crippen LogP contribution is 2.45. The van der Waals surface area contributed by atoms with Gasteiger partial charge in [0.25, 0.3) is 0 Å². The van der Waals surface area contributed by atoms with Gasteiger partial charge in [-0.25, -0.2) is 13.1 Å². The lowest BCUT2D eigenvalue weighted by molar-refractivity contribution is -0.142. The maximum atomic E-state index is 13.1. The Morgan fingerprint density at radius 3 is 2.26 bits per heavy atom. The van der Waals surface area contributed by atoms with E-state index in [-0.39, 0.29) is 41.2 Å². The van der Waals surface area contributed by atoms with Gasteiger partial charge in [0.05, 0.1) is 13.0 Å². The number of sulfonamides is 1. The summed E-state index contributed by atoms with van der Waals surface area (Å²) in [5.74, 6) is 0.262. The van der Waals surface area contributed by atoms with Gasteiger partial charge in [-0.15, -0.1) is 11.3 Å². The summed E-state index contributed by atoms with van der Waals surface area (Å²) < 4.78 is 39.8. The molecular weight excluding hydrogens is 524 g/mol. The molecule has 10 heteroatoms. The summed E-state index contributed by atoms with van der Waals surface area (Å²) in [5, 5.41) is 3.24. The molecule has 0 radical (unpaired) electrons. The number of benzene rings is 1. The number of hydrogen-bond acceptors (Lipinski definition) is 8. The average Bonchev–Trinajstić information content (AvgIpc) is 3.24. The summed E-state index contributed by atoms with van der Waals surface area (Å²) in [6, 6.07) is 7.53. The number of thiophene rings is 1. The minimum Gasteiger partial charge on any atom is -0.491 e. The second-order valence-electron chi connectivity index (χ2n) is 10.6. The Morgan fingerprint density at radius 1 is 1.08 bits per heavy atom. The maximum Gasteiger partial charge on any atom is 0.307 e. The van der Waals surface area contributed by atoms with Gasteiger partial charge in [0, 0.05) is 16.8 Å². The third kappa shape index (κ3) is 7.42. The summed E-state index contributed by atoms with van der Waals surface area (Å²) in [4.78, 5) is 23.9. The van der Waals surface area contributed by atoms with E-state index in [2.05, 4.69) is 29.8 Å². The molecule has 2 aromatic rings. The molecule has 1 aromatic heterocycles. The van der Waals surface area contributed by atoms with E-state index >= 15 is 0 Å². The third-order valence-corrected chi connectivity index (χ3v) is 10.5. The first-order chi connectivity index (χ1) is 17.7. The average molecular weight is 567 g/mol. The lowest BCUT2D eigenvalue weighted by Gasteiger charge is -2.32. The predicted octanol–water partition coefficient (Wildman–Crippen LogP) is 6.26. The van der Waals surface area contributed by atoms with Crippen LogP contribution in [-0.4, -0.2) is 40.2 Å². The molecule has 1 unspecified atom stereocenters. The van der Waals surface area contributed by atoms with Crippen LogP contribution in [-0.2, 0) is 25.0 Å². The van der Waals surface area contributed by atoms with E-state index in [0.29, 0.717) is 11.3 Å². The van der Waals surface area contributed by atoms with Crippen molar-refractivity contribution in [3.8, 4) is 5.75 Å². The zero-order valence-electron chi connectivity index (χ0n) is 23.8. The number of nitrogens with zero attached hydrogens (tertiary/aromatic N) is 1. The van der Waals surface area contributed by atoms with Gasteiger partial charge in [-0.2, -0.15) is 4.91 Å². The standard InChI is InChI=1S/C28H42N2O6S2/c1-9-28(10-2,21-12-13-22(19(4)16-21)36-18-23(30-32)27(6,7)8)24-17-20(5)26(37-24)38(33,34)29-15-14-25(31)35-11-3/h12-13,16-17,23,29H,9-11,14-15,18H2,1-8H3. The summed E-state index contributed by atoms with van der Waals surface area (Å²) in [6.07, 6.45) is 1.53. The lowest BCUT2D eigenvalue weighted by atomic mass is 9.74. The second-order valence-corrected chi connectivity index (χ2v) is 13.6. The Balaban J connectivity index is 2.34. The fraction of sp³-hybridized carbons (Fsp3) is 0.607. The zero-order valence-corrected chi connectivity index (χ0v) is 25.5. The van der Waals surface area contributed by atoms with Crippen LogP contribution in [0.25, 0.3) is 0 Å². The molecule has 8 nitrogen and oxygen atoms in total. The number of carbonyl (C=O) groups is 1. The smallest absolute Gasteiger partial charge is 0.307 e. The molecular formula is C28H42N2O6S2. The summed E-state index contributed by atoms with van der Waals surface area (Å²) >= 11 is 1.27. The van der Waals surface area contributed by atoms with E-state index in [1.54, 1.807) is 13.8 Å². The number of nitrogens with one attached hydrogen (secondary N) is 1. The van der Waals surface area contributed by atoms with Crippen molar-refractivity contribution in [2.24, 2.45) is 10.6 Å². The Bertz CT molecular complexity index is 1210. The van der Waals surface area contributed by atoms with Crippen molar-refractivity contribution in [1.82, 2.24) is 4.72 Å². The van der Waals surface area contributed by atoms with Gasteiger partial charge in [0.1, 0.15) is 22.6 Å². The van der Waals surface area contributed by atoms with E-state index in [1.165, 1.54) is 11.3 Å². The fourth-order valence-corrected chi connectivity index (χ4v) is 7.55. The van der Waals surface area contributed by atoms with Crippen LogP contribution in [0.3, 0.4) is 0 Å². The van der Waals surface area contributed by atoms with Crippen LogP contribution in [0.2, 0.25) is 0 Å². The van der Waals surface area contributed by atoms with Gasteiger partial charge in [0.2, 0.25) is 10.0 Å². The van der Waals surface area contributed by atoms with E-state index in [0.717, 1.165) is 28.8 Å². The molecule has 1 N–H and O–H groups in total. The number of nitroso groups, excluding NO2 is 1. The molecule has 212 valence electrons. The van der Waals surface area contributed by atoms with Crippen molar-refractivity contribution in [3.63, 3.8) is 0 Å². The molecule has 0 aliphatic rings. The molecule has 1 aromatic carbocycles. The van der Waals surface area contributed by atoms with Crippen LogP contribution in [0.4, 0.5) is 0 Å². The first-order valence-electron chi connectivity index (χ1n) is 13.1. The van der Waals surface area contributed by atoms with Gasteiger partial charge in [-0.05, 0) is 67.9 Å². The number of rotatable bonds is 14. The second kappa shape index (κ2) is 13.2. The van der Waals surface area contributed by atoms with Gasteiger partial charge < -0.3 is 9.47 Å². The Morgan fingerprint density at radius 2 is 1.74 bits per heavy atom. The molecule has 0 aliphatic carbocycles. The Hall–Kier alpha value is -2.30. The van der Waals surface area contributed by atoms with Crippen LogP contribution in [0, 0.1) is 24.2 Å². The van der Waals surface area contributed by atoms with Crippen LogP contribution >= 0.6 is 11.3 Å². The summed E-state index contributed by atoms with van der Waals surface area (Å²) in [6.45, 7) is 16.0. The van der Waals surface area contributed by atoms with E-state index in [9.17, 15) is 18.1 Å². The highest BCUT2D eigenvalue weighted by molar-refractivity contribution is 7.91. The zero-order chi connectivity index (χ0) is 28.7. The topological polar surface area (TPSA) is 111 Å². The molecule has 1 atom stereocenters. The lowest BCUT2D eigenvalue weighted by Crippen LogP contribution is -2.30. The van der Waals surface area contributed by atoms with Crippen molar-refractivity contribution in [3.05, 3.63) is 50.7 Å². The number of carbonyl (C=O) groups excluding carboxylic acids is 1. The van der Waals surface area contributed by atoms with E-state index in [1.807, 2.05) is 45.9 Å². The first-order valence-corrected chi connectivity index (χ1v) is 15.4. The molecule has 0 aliphatic heterocycles. The first kappa shape index (κ1) is 31.9. The number of aryl methyl sites for hydroxylation is 2. The molecule has 0 fully saturated rings.